The molecule has 1 saturated heterocycles. The lowest BCUT2D eigenvalue weighted by atomic mass is 9.93. The highest BCUT2D eigenvalue weighted by molar-refractivity contribution is 4.73. The Balaban J connectivity index is 2.11. The molecule has 102 valence electrons. The second kappa shape index (κ2) is 6.75. The number of hydrogen-bond donors (Lipinski definition) is 0. The summed E-state index contributed by atoms with van der Waals surface area (Å²) in [5, 5.41) is 0. The van der Waals surface area contributed by atoms with Gasteiger partial charge in [-0.2, -0.15) is 0 Å². The summed E-state index contributed by atoms with van der Waals surface area (Å²) in [5.74, 6) is 0.786. The van der Waals surface area contributed by atoms with Crippen molar-refractivity contribution in [3.8, 4) is 0 Å². The summed E-state index contributed by atoms with van der Waals surface area (Å²) in [7, 11) is 0. The van der Waals surface area contributed by atoms with E-state index in [0.29, 0.717) is 11.5 Å². The maximum absolute atomic E-state index is 5.99. The molecule has 1 aliphatic rings. The molecule has 1 rings (SSSR count). The van der Waals surface area contributed by atoms with Crippen LogP contribution in [0.2, 0.25) is 0 Å². The SMILES string of the molecule is CC(C)CN1CCC(OCCC(C)(C)C)CC1. The van der Waals surface area contributed by atoms with Crippen molar-refractivity contribution in [3.63, 3.8) is 0 Å². The van der Waals surface area contributed by atoms with Crippen molar-refractivity contribution in [2.45, 2.75) is 60.0 Å². The van der Waals surface area contributed by atoms with Gasteiger partial charge in [0.1, 0.15) is 0 Å². The topological polar surface area (TPSA) is 12.5 Å². The molecule has 2 heteroatoms. The predicted octanol–water partition coefficient (Wildman–Crippen LogP) is 3.56. The molecule has 0 aromatic heterocycles. The fraction of sp³-hybridized carbons (Fsp3) is 1.00. The average molecular weight is 241 g/mol. The molecule has 0 amide bonds. The molecule has 17 heavy (non-hydrogen) atoms. The molecule has 1 fully saturated rings. The van der Waals surface area contributed by atoms with E-state index >= 15 is 0 Å². The smallest absolute Gasteiger partial charge is 0.0599 e. The van der Waals surface area contributed by atoms with Crippen LogP contribution in [0.25, 0.3) is 0 Å². The quantitative estimate of drug-likeness (QED) is 0.730. The third kappa shape index (κ3) is 7.05. The van der Waals surface area contributed by atoms with Crippen LogP contribution in [0.4, 0.5) is 0 Å². The zero-order valence-corrected chi connectivity index (χ0v) is 12.5. The van der Waals surface area contributed by atoms with Gasteiger partial charge in [0.2, 0.25) is 0 Å². The fourth-order valence-electron chi connectivity index (χ4n) is 2.31. The van der Waals surface area contributed by atoms with E-state index < -0.39 is 0 Å². The largest absolute Gasteiger partial charge is 0.378 e. The summed E-state index contributed by atoms with van der Waals surface area (Å²) in [6.07, 6.45) is 4.12. The molecule has 0 bridgehead atoms. The second-order valence-electron chi connectivity index (χ2n) is 7.08. The minimum atomic E-state index is 0.401. The van der Waals surface area contributed by atoms with Crippen LogP contribution >= 0.6 is 0 Å². The molecule has 0 saturated carbocycles. The number of likely N-dealkylation sites (tertiary alicyclic amines) is 1. The van der Waals surface area contributed by atoms with E-state index in [9.17, 15) is 0 Å². The summed E-state index contributed by atoms with van der Waals surface area (Å²) in [6, 6.07) is 0. The van der Waals surface area contributed by atoms with Crippen molar-refractivity contribution in [1.82, 2.24) is 4.90 Å². The van der Waals surface area contributed by atoms with Gasteiger partial charge in [-0.05, 0) is 30.6 Å². The van der Waals surface area contributed by atoms with Crippen molar-refractivity contribution in [3.05, 3.63) is 0 Å². The molecule has 0 radical (unpaired) electrons. The van der Waals surface area contributed by atoms with E-state index in [4.69, 9.17) is 4.74 Å². The first-order valence-electron chi connectivity index (χ1n) is 7.21. The maximum Gasteiger partial charge on any atom is 0.0599 e. The van der Waals surface area contributed by atoms with Gasteiger partial charge in [0.15, 0.2) is 0 Å². The highest BCUT2D eigenvalue weighted by Crippen LogP contribution is 2.20. The lowest BCUT2D eigenvalue weighted by molar-refractivity contribution is -0.00397. The number of piperidine rings is 1. The van der Waals surface area contributed by atoms with Gasteiger partial charge in [0, 0.05) is 26.2 Å². The summed E-state index contributed by atoms with van der Waals surface area (Å²) < 4.78 is 5.99. The minimum absolute atomic E-state index is 0.401. The Morgan fingerprint density at radius 2 is 1.76 bits per heavy atom. The Hall–Kier alpha value is -0.0800. The normalized spacial score (nSPS) is 20.1. The zero-order valence-electron chi connectivity index (χ0n) is 12.5. The summed E-state index contributed by atoms with van der Waals surface area (Å²) in [6.45, 7) is 16.0. The lowest BCUT2D eigenvalue weighted by Gasteiger charge is -2.33. The molecular formula is C15H31NO. The van der Waals surface area contributed by atoms with Gasteiger partial charge in [-0.1, -0.05) is 34.6 Å². The average Bonchev–Trinajstić information content (AvgIpc) is 2.18. The highest BCUT2D eigenvalue weighted by atomic mass is 16.5. The van der Waals surface area contributed by atoms with E-state index in [2.05, 4.69) is 39.5 Å². The first kappa shape index (κ1) is 15.0. The Labute approximate surface area is 108 Å². The van der Waals surface area contributed by atoms with Crippen LogP contribution in [0.5, 0.6) is 0 Å². The zero-order chi connectivity index (χ0) is 12.9. The third-order valence-corrected chi connectivity index (χ3v) is 3.36. The lowest BCUT2D eigenvalue weighted by Crippen LogP contribution is -2.39. The summed E-state index contributed by atoms with van der Waals surface area (Å²) in [4.78, 5) is 2.58. The van der Waals surface area contributed by atoms with Gasteiger partial charge < -0.3 is 9.64 Å². The van der Waals surface area contributed by atoms with E-state index in [0.717, 1.165) is 12.5 Å². The maximum atomic E-state index is 5.99. The van der Waals surface area contributed by atoms with Gasteiger partial charge >= 0.3 is 0 Å². The van der Waals surface area contributed by atoms with Gasteiger partial charge in [0.05, 0.1) is 6.10 Å². The van der Waals surface area contributed by atoms with Crippen LogP contribution in [-0.2, 0) is 4.74 Å². The number of nitrogens with zero attached hydrogens (tertiary/aromatic N) is 1. The third-order valence-electron chi connectivity index (χ3n) is 3.36. The molecule has 0 aromatic carbocycles. The molecule has 0 atom stereocenters. The fourth-order valence-corrected chi connectivity index (χ4v) is 2.31. The Morgan fingerprint density at radius 1 is 1.18 bits per heavy atom. The predicted molar refractivity (Wildman–Crippen MR) is 74.3 cm³/mol. The monoisotopic (exact) mass is 241 g/mol. The first-order valence-corrected chi connectivity index (χ1v) is 7.21. The first-order chi connectivity index (χ1) is 7.87. The Bertz CT molecular complexity index is 199. The van der Waals surface area contributed by atoms with Crippen LogP contribution in [0.15, 0.2) is 0 Å². The molecule has 0 unspecified atom stereocenters. The summed E-state index contributed by atoms with van der Waals surface area (Å²) in [5.41, 5.74) is 0.401. The van der Waals surface area contributed by atoms with Crippen molar-refractivity contribution in [2.75, 3.05) is 26.2 Å². The molecular weight excluding hydrogens is 210 g/mol. The van der Waals surface area contributed by atoms with E-state index in [-0.39, 0.29) is 0 Å². The van der Waals surface area contributed by atoms with Crippen molar-refractivity contribution >= 4 is 0 Å². The Kier molecular flexibility index (Phi) is 5.94. The van der Waals surface area contributed by atoms with Crippen LogP contribution in [0.3, 0.4) is 0 Å². The minimum Gasteiger partial charge on any atom is -0.378 e. The summed E-state index contributed by atoms with van der Waals surface area (Å²) >= 11 is 0. The van der Waals surface area contributed by atoms with Crippen molar-refractivity contribution in [2.24, 2.45) is 11.3 Å². The molecule has 1 heterocycles. The Morgan fingerprint density at radius 3 is 2.24 bits per heavy atom. The van der Waals surface area contributed by atoms with Crippen LogP contribution in [-0.4, -0.2) is 37.2 Å². The van der Waals surface area contributed by atoms with Crippen molar-refractivity contribution < 1.29 is 4.74 Å². The molecule has 0 spiro atoms. The molecule has 0 N–H and O–H groups in total. The van der Waals surface area contributed by atoms with Gasteiger partial charge in [-0.25, -0.2) is 0 Å². The second-order valence-corrected chi connectivity index (χ2v) is 7.08. The number of ether oxygens (including phenoxy) is 1. The van der Waals surface area contributed by atoms with Gasteiger partial charge in [0.25, 0.3) is 0 Å². The van der Waals surface area contributed by atoms with Crippen LogP contribution in [0.1, 0.15) is 53.9 Å². The number of rotatable bonds is 5. The standard InChI is InChI=1S/C15H31NO/c1-13(2)12-16-9-6-14(7-10-16)17-11-8-15(3,4)5/h13-14H,6-12H2,1-5H3. The van der Waals surface area contributed by atoms with Gasteiger partial charge in [-0.3, -0.25) is 0 Å². The van der Waals surface area contributed by atoms with Gasteiger partial charge in [-0.15, -0.1) is 0 Å². The van der Waals surface area contributed by atoms with E-state index in [1.165, 1.54) is 38.9 Å². The molecule has 2 nitrogen and oxygen atoms in total. The van der Waals surface area contributed by atoms with Crippen LogP contribution < -0.4 is 0 Å². The number of hydrogen-bond acceptors (Lipinski definition) is 2. The molecule has 1 aliphatic heterocycles. The van der Waals surface area contributed by atoms with Crippen LogP contribution in [0, 0.1) is 11.3 Å². The van der Waals surface area contributed by atoms with E-state index in [1.54, 1.807) is 0 Å². The van der Waals surface area contributed by atoms with Crippen molar-refractivity contribution in [1.29, 1.82) is 0 Å². The molecule has 0 aromatic rings. The molecule has 0 aliphatic carbocycles. The highest BCUT2D eigenvalue weighted by Gasteiger charge is 2.20. The van der Waals surface area contributed by atoms with E-state index in [1.807, 2.05) is 0 Å².